The Labute approximate surface area is 209 Å². The zero-order valence-corrected chi connectivity index (χ0v) is 21.1. The molecule has 5 nitrogen and oxygen atoms in total. The van der Waals surface area contributed by atoms with Gasteiger partial charge in [0.25, 0.3) is 10.0 Å². The number of hydrogen-bond donors (Lipinski definition) is 1. The molecule has 1 N–H and O–H groups in total. The van der Waals surface area contributed by atoms with E-state index in [0.29, 0.717) is 22.8 Å². The standard InChI is InChI=1S/C25H26ClFN2O3S2/c1-19-8-11-21(26)16-24(19)29(34(31,32)23-6-3-2-4-7-23)17-25(30)28-14-5-15-33-18-20-9-12-22(27)13-10-20/h2-4,6-13,16H,5,14-15,17-18H2,1H3,(H,28,30). The van der Waals surface area contributed by atoms with Crippen molar-refractivity contribution in [1.29, 1.82) is 0 Å². The molecule has 180 valence electrons. The summed E-state index contributed by atoms with van der Waals surface area (Å²) in [5.41, 5.74) is 2.09. The fourth-order valence-corrected chi connectivity index (χ4v) is 5.82. The molecule has 3 rings (SSSR count). The summed E-state index contributed by atoms with van der Waals surface area (Å²) < 4.78 is 40.8. The van der Waals surface area contributed by atoms with Crippen molar-refractivity contribution in [2.75, 3.05) is 23.1 Å². The summed E-state index contributed by atoms with van der Waals surface area (Å²) in [6.07, 6.45) is 0.721. The van der Waals surface area contributed by atoms with E-state index in [9.17, 15) is 17.6 Å². The Morgan fingerprint density at radius 1 is 1.06 bits per heavy atom. The van der Waals surface area contributed by atoms with Gasteiger partial charge < -0.3 is 5.32 Å². The van der Waals surface area contributed by atoms with Crippen LogP contribution in [0.15, 0.2) is 77.7 Å². The zero-order chi connectivity index (χ0) is 24.6. The van der Waals surface area contributed by atoms with Gasteiger partial charge in [-0.05, 0) is 66.6 Å². The molecule has 0 unspecified atom stereocenters. The zero-order valence-electron chi connectivity index (χ0n) is 18.7. The first-order valence-electron chi connectivity index (χ1n) is 10.7. The molecule has 0 aliphatic rings. The molecule has 0 aliphatic carbocycles. The van der Waals surface area contributed by atoms with Crippen molar-refractivity contribution in [3.8, 4) is 0 Å². The van der Waals surface area contributed by atoms with Gasteiger partial charge in [-0.15, -0.1) is 0 Å². The van der Waals surface area contributed by atoms with Gasteiger partial charge in [0, 0.05) is 17.3 Å². The van der Waals surface area contributed by atoms with E-state index in [0.717, 1.165) is 27.8 Å². The van der Waals surface area contributed by atoms with Gasteiger partial charge in [0.1, 0.15) is 12.4 Å². The van der Waals surface area contributed by atoms with Crippen molar-refractivity contribution in [3.63, 3.8) is 0 Å². The summed E-state index contributed by atoms with van der Waals surface area (Å²) in [6.45, 7) is 1.83. The second-order valence-electron chi connectivity index (χ2n) is 7.64. The van der Waals surface area contributed by atoms with Crippen LogP contribution in [0.2, 0.25) is 5.02 Å². The van der Waals surface area contributed by atoms with Gasteiger partial charge in [0.05, 0.1) is 10.6 Å². The van der Waals surface area contributed by atoms with Crippen LogP contribution in [-0.4, -0.2) is 33.2 Å². The fourth-order valence-electron chi connectivity index (χ4n) is 3.23. The highest BCUT2D eigenvalue weighted by Crippen LogP contribution is 2.29. The Morgan fingerprint density at radius 3 is 2.47 bits per heavy atom. The number of nitrogens with zero attached hydrogens (tertiary/aromatic N) is 1. The molecule has 3 aromatic rings. The lowest BCUT2D eigenvalue weighted by Gasteiger charge is -2.25. The predicted molar refractivity (Wildman–Crippen MR) is 137 cm³/mol. The maximum absolute atomic E-state index is 13.4. The minimum Gasteiger partial charge on any atom is -0.354 e. The molecular formula is C25H26ClFN2O3S2. The third-order valence-corrected chi connectivity index (χ3v) is 8.15. The van der Waals surface area contributed by atoms with Gasteiger partial charge in [0.15, 0.2) is 0 Å². The van der Waals surface area contributed by atoms with Crippen LogP contribution >= 0.6 is 23.4 Å². The summed E-state index contributed by atoms with van der Waals surface area (Å²) >= 11 is 7.82. The minimum atomic E-state index is -3.98. The van der Waals surface area contributed by atoms with Crippen LogP contribution in [0.5, 0.6) is 0 Å². The number of carbonyl (C=O) groups excluding carboxylic acids is 1. The number of aryl methyl sites for hydroxylation is 1. The Hall–Kier alpha value is -2.55. The molecule has 0 fully saturated rings. The highest BCUT2D eigenvalue weighted by atomic mass is 35.5. The second-order valence-corrected chi connectivity index (χ2v) is 11.0. The number of benzene rings is 3. The summed E-state index contributed by atoms with van der Waals surface area (Å²) in [6, 6.07) is 19.3. The number of halogens is 2. The lowest BCUT2D eigenvalue weighted by Crippen LogP contribution is -2.41. The van der Waals surface area contributed by atoms with Crippen molar-refractivity contribution in [2.45, 2.75) is 24.0 Å². The van der Waals surface area contributed by atoms with Crippen LogP contribution in [0.4, 0.5) is 10.1 Å². The van der Waals surface area contributed by atoms with Gasteiger partial charge in [-0.25, -0.2) is 12.8 Å². The van der Waals surface area contributed by atoms with Crippen LogP contribution < -0.4 is 9.62 Å². The molecule has 0 spiro atoms. The molecule has 34 heavy (non-hydrogen) atoms. The third kappa shape index (κ3) is 7.22. The molecule has 0 radical (unpaired) electrons. The second kappa shape index (κ2) is 12.2. The van der Waals surface area contributed by atoms with Gasteiger partial charge in [-0.2, -0.15) is 11.8 Å². The third-order valence-electron chi connectivity index (χ3n) is 5.03. The quantitative estimate of drug-likeness (QED) is 0.343. The molecule has 0 saturated carbocycles. The van der Waals surface area contributed by atoms with E-state index in [1.807, 2.05) is 0 Å². The predicted octanol–water partition coefficient (Wildman–Crippen LogP) is 5.42. The van der Waals surface area contributed by atoms with Crippen LogP contribution in [0.1, 0.15) is 17.5 Å². The smallest absolute Gasteiger partial charge is 0.264 e. The number of carbonyl (C=O) groups is 1. The first-order valence-corrected chi connectivity index (χ1v) is 13.7. The molecular weight excluding hydrogens is 495 g/mol. The monoisotopic (exact) mass is 520 g/mol. The normalized spacial score (nSPS) is 11.3. The maximum Gasteiger partial charge on any atom is 0.264 e. The minimum absolute atomic E-state index is 0.0966. The molecule has 3 aromatic carbocycles. The summed E-state index contributed by atoms with van der Waals surface area (Å²) in [5, 5.41) is 3.19. The van der Waals surface area contributed by atoms with E-state index >= 15 is 0 Å². The average Bonchev–Trinajstić information content (AvgIpc) is 2.83. The number of rotatable bonds is 11. The molecule has 0 bridgehead atoms. The number of thioether (sulfide) groups is 1. The van der Waals surface area contributed by atoms with E-state index in [-0.39, 0.29) is 17.3 Å². The highest BCUT2D eigenvalue weighted by Gasteiger charge is 2.28. The lowest BCUT2D eigenvalue weighted by atomic mass is 10.2. The van der Waals surface area contributed by atoms with E-state index in [4.69, 9.17) is 11.6 Å². The van der Waals surface area contributed by atoms with Crippen LogP contribution in [0.3, 0.4) is 0 Å². The Morgan fingerprint density at radius 2 is 1.76 bits per heavy atom. The number of hydrogen-bond acceptors (Lipinski definition) is 4. The summed E-state index contributed by atoms with van der Waals surface area (Å²) in [5.74, 6) is 0.901. The van der Waals surface area contributed by atoms with Crippen molar-refractivity contribution in [1.82, 2.24) is 5.32 Å². The lowest BCUT2D eigenvalue weighted by molar-refractivity contribution is -0.119. The Balaban J connectivity index is 1.60. The maximum atomic E-state index is 13.4. The topological polar surface area (TPSA) is 66.5 Å². The van der Waals surface area contributed by atoms with Crippen molar-refractivity contribution >= 4 is 45.0 Å². The van der Waals surface area contributed by atoms with E-state index < -0.39 is 15.9 Å². The summed E-state index contributed by atoms with van der Waals surface area (Å²) in [7, 11) is -3.98. The molecule has 0 saturated heterocycles. The van der Waals surface area contributed by atoms with Crippen molar-refractivity contribution in [3.05, 3.63) is 94.8 Å². The molecule has 0 aromatic heterocycles. The molecule has 1 amide bonds. The largest absolute Gasteiger partial charge is 0.354 e. The SMILES string of the molecule is Cc1ccc(Cl)cc1N(CC(=O)NCCCSCc1ccc(F)cc1)S(=O)(=O)c1ccccc1. The average molecular weight is 521 g/mol. The summed E-state index contributed by atoms with van der Waals surface area (Å²) in [4.78, 5) is 12.8. The van der Waals surface area contributed by atoms with Crippen molar-refractivity contribution in [2.24, 2.45) is 0 Å². The highest BCUT2D eigenvalue weighted by molar-refractivity contribution is 7.98. The van der Waals surface area contributed by atoms with E-state index in [2.05, 4.69) is 5.32 Å². The van der Waals surface area contributed by atoms with Crippen molar-refractivity contribution < 1.29 is 17.6 Å². The number of nitrogens with one attached hydrogen (secondary N) is 1. The first-order chi connectivity index (χ1) is 16.3. The molecule has 0 aliphatic heterocycles. The first kappa shape index (κ1) is 26.1. The van der Waals surface area contributed by atoms with Gasteiger partial charge in [0.2, 0.25) is 5.91 Å². The molecule has 9 heteroatoms. The van der Waals surface area contributed by atoms with E-state index in [1.54, 1.807) is 67.2 Å². The molecule has 0 heterocycles. The van der Waals surface area contributed by atoms with Gasteiger partial charge in [-0.3, -0.25) is 9.10 Å². The van der Waals surface area contributed by atoms with Gasteiger partial charge in [-0.1, -0.05) is 48.0 Å². The van der Waals surface area contributed by atoms with Crippen LogP contribution in [-0.2, 0) is 20.6 Å². The fraction of sp³-hybridized carbons (Fsp3) is 0.240. The number of amides is 1. The van der Waals surface area contributed by atoms with Crippen LogP contribution in [0.25, 0.3) is 0 Å². The Bertz CT molecular complexity index is 1210. The number of anilines is 1. The van der Waals surface area contributed by atoms with E-state index in [1.165, 1.54) is 24.3 Å². The Kier molecular flexibility index (Phi) is 9.38. The van der Waals surface area contributed by atoms with Crippen LogP contribution in [0, 0.1) is 12.7 Å². The molecule has 0 atom stereocenters. The van der Waals surface area contributed by atoms with Gasteiger partial charge >= 0.3 is 0 Å². The number of sulfonamides is 1.